The molecule has 4 rings (SSSR count). The highest BCUT2D eigenvalue weighted by Gasteiger charge is 2.28. The highest BCUT2D eigenvalue weighted by atomic mass is 32.1. The summed E-state index contributed by atoms with van der Waals surface area (Å²) in [4.78, 5) is 20.7. The molecule has 0 spiro atoms. The SMILES string of the molecule is N#CCCN(Cc1ccco1)C(=O)C[NH+]1CCC(c2nc3ccccc3s2)CC1. The fourth-order valence-electron chi connectivity index (χ4n) is 3.91. The van der Waals surface area contributed by atoms with Crippen LogP contribution in [-0.2, 0) is 11.3 Å². The normalized spacial score (nSPS) is 19.1. The van der Waals surface area contributed by atoms with Crippen LogP contribution in [0.4, 0.5) is 0 Å². The third kappa shape index (κ3) is 4.84. The van der Waals surface area contributed by atoms with Crippen LogP contribution in [0.1, 0.15) is 35.9 Å². The molecule has 150 valence electrons. The Morgan fingerprint density at radius 1 is 1.28 bits per heavy atom. The van der Waals surface area contributed by atoms with E-state index >= 15 is 0 Å². The topological polar surface area (TPSA) is 74.6 Å². The summed E-state index contributed by atoms with van der Waals surface area (Å²) in [5.41, 5.74) is 1.09. The Kier molecular flexibility index (Phi) is 6.23. The van der Waals surface area contributed by atoms with Gasteiger partial charge in [0.25, 0.3) is 5.91 Å². The van der Waals surface area contributed by atoms with Crippen molar-refractivity contribution in [1.29, 1.82) is 5.26 Å². The molecule has 6 nitrogen and oxygen atoms in total. The third-order valence-corrected chi connectivity index (χ3v) is 6.73. The lowest BCUT2D eigenvalue weighted by Crippen LogP contribution is -3.14. The average molecular weight is 410 g/mol. The summed E-state index contributed by atoms with van der Waals surface area (Å²) in [6.45, 7) is 3.28. The number of carbonyl (C=O) groups is 1. The zero-order chi connectivity index (χ0) is 20.1. The zero-order valence-corrected chi connectivity index (χ0v) is 17.2. The molecular formula is C22H25N4O2S+. The van der Waals surface area contributed by atoms with E-state index in [-0.39, 0.29) is 5.91 Å². The number of hydrogen-bond donors (Lipinski definition) is 1. The molecule has 2 aromatic heterocycles. The molecular weight excluding hydrogens is 384 g/mol. The van der Waals surface area contributed by atoms with Gasteiger partial charge in [0.15, 0.2) is 6.54 Å². The highest BCUT2D eigenvalue weighted by molar-refractivity contribution is 7.18. The van der Waals surface area contributed by atoms with Crippen LogP contribution in [0.2, 0.25) is 0 Å². The van der Waals surface area contributed by atoms with Gasteiger partial charge in [-0.05, 0) is 24.3 Å². The van der Waals surface area contributed by atoms with E-state index in [0.29, 0.717) is 32.0 Å². The maximum atomic E-state index is 12.9. The Morgan fingerprint density at radius 2 is 2.10 bits per heavy atom. The van der Waals surface area contributed by atoms with Gasteiger partial charge in [0.05, 0.1) is 53.6 Å². The molecule has 29 heavy (non-hydrogen) atoms. The Hall–Kier alpha value is -2.69. The lowest BCUT2D eigenvalue weighted by atomic mass is 9.97. The number of furan rings is 1. The Balaban J connectivity index is 1.32. The van der Waals surface area contributed by atoms with Crippen LogP contribution < -0.4 is 4.90 Å². The third-order valence-electron chi connectivity index (χ3n) is 5.53. The second-order valence-electron chi connectivity index (χ2n) is 7.52. The molecule has 1 aliphatic heterocycles. The van der Waals surface area contributed by atoms with Gasteiger partial charge in [-0.2, -0.15) is 5.26 Å². The van der Waals surface area contributed by atoms with Gasteiger partial charge in [0, 0.05) is 25.3 Å². The summed E-state index contributed by atoms with van der Waals surface area (Å²) in [7, 11) is 0. The molecule has 7 heteroatoms. The van der Waals surface area contributed by atoms with Crippen molar-refractivity contribution >= 4 is 27.5 Å². The van der Waals surface area contributed by atoms with Crippen molar-refractivity contribution < 1.29 is 14.1 Å². The van der Waals surface area contributed by atoms with Gasteiger partial charge in [0.1, 0.15) is 5.76 Å². The Morgan fingerprint density at radius 3 is 2.83 bits per heavy atom. The van der Waals surface area contributed by atoms with Crippen LogP contribution in [0, 0.1) is 11.3 Å². The molecule has 0 atom stereocenters. The molecule has 1 aromatic carbocycles. The predicted molar refractivity (Wildman–Crippen MR) is 112 cm³/mol. The van der Waals surface area contributed by atoms with E-state index in [1.165, 1.54) is 14.6 Å². The maximum Gasteiger partial charge on any atom is 0.278 e. The number of piperidine rings is 1. The summed E-state index contributed by atoms with van der Waals surface area (Å²) in [5, 5.41) is 10.1. The molecule has 3 aromatic rings. The zero-order valence-electron chi connectivity index (χ0n) is 16.3. The van der Waals surface area contributed by atoms with E-state index in [4.69, 9.17) is 14.7 Å². The molecule has 1 fully saturated rings. The van der Waals surface area contributed by atoms with Gasteiger partial charge in [-0.1, -0.05) is 12.1 Å². The van der Waals surface area contributed by atoms with Crippen LogP contribution in [0.25, 0.3) is 10.2 Å². The molecule has 0 radical (unpaired) electrons. The summed E-state index contributed by atoms with van der Waals surface area (Å²) in [6.07, 6.45) is 4.05. The molecule has 1 saturated heterocycles. The predicted octanol–water partition coefficient (Wildman–Crippen LogP) is 2.59. The van der Waals surface area contributed by atoms with Crippen LogP contribution in [0.15, 0.2) is 47.1 Å². The van der Waals surface area contributed by atoms with Gasteiger partial charge in [-0.15, -0.1) is 11.3 Å². The Bertz CT molecular complexity index is 951. The fourth-order valence-corrected chi connectivity index (χ4v) is 5.04. The molecule has 3 heterocycles. The fraction of sp³-hybridized carbons (Fsp3) is 0.409. The van der Waals surface area contributed by atoms with Gasteiger partial charge in [0.2, 0.25) is 0 Å². The Labute approximate surface area is 174 Å². The highest BCUT2D eigenvalue weighted by Crippen LogP contribution is 2.31. The summed E-state index contributed by atoms with van der Waals surface area (Å²) >= 11 is 1.80. The molecule has 1 amide bonds. The van der Waals surface area contributed by atoms with Gasteiger partial charge in [-0.3, -0.25) is 4.79 Å². The second-order valence-corrected chi connectivity index (χ2v) is 8.59. The van der Waals surface area contributed by atoms with Crippen molar-refractivity contribution in [1.82, 2.24) is 9.88 Å². The van der Waals surface area contributed by atoms with Crippen molar-refractivity contribution in [3.05, 3.63) is 53.4 Å². The number of benzene rings is 1. The number of aromatic nitrogens is 1. The maximum absolute atomic E-state index is 12.9. The number of fused-ring (bicyclic) bond motifs is 1. The van der Waals surface area contributed by atoms with E-state index in [0.717, 1.165) is 37.2 Å². The van der Waals surface area contributed by atoms with Gasteiger partial charge in [-0.25, -0.2) is 4.98 Å². The summed E-state index contributed by atoms with van der Waals surface area (Å²) < 4.78 is 6.63. The number of amides is 1. The van der Waals surface area contributed by atoms with Crippen molar-refractivity contribution in [2.24, 2.45) is 0 Å². The first-order chi connectivity index (χ1) is 14.2. The number of nitrogens with zero attached hydrogens (tertiary/aromatic N) is 3. The van der Waals surface area contributed by atoms with Crippen molar-refractivity contribution in [3.63, 3.8) is 0 Å². The molecule has 1 N–H and O–H groups in total. The second kappa shape index (κ2) is 9.21. The van der Waals surface area contributed by atoms with Crippen LogP contribution in [0.3, 0.4) is 0 Å². The number of quaternary nitrogens is 1. The van der Waals surface area contributed by atoms with Crippen molar-refractivity contribution in [2.75, 3.05) is 26.2 Å². The lowest BCUT2D eigenvalue weighted by molar-refractivity contribution is -0.897. The first kappa shape index (κ1) is 19.6. The van der Waals surface area contributed by atoms with Crippen molar-refractivity contribution in [2.45, 2.75) is 31.7 Å². The number of hydrogen-bond acceptors (Lipinski definition) is 5. The van der Waals surface area contributed by atoms with Crippen molar-refractivity contribution in [3.8, 4) is 6.07 Å². The molecule has 0 saturated carbocycles. The summed E-state index contributed by atoms with van der Waals surface area (Å²) in [6, 6.07) is 14.1. The molecule has 0 bridgehead atoms. The van der Waals surface area contributed by atoms with E-state index < -0.39 is 0 Å². The number of thiazole rings is 1. The van der Waals surface area contributed by atoms with E-state index in [9.17, 15) is 4.79 Å². The monoisotopic (exact) mass is 409 g/mol. The first-order valence-corrected chi connectivity index (χ1v) is 10.9. The first-order valence-electron chi connectivity index (χ1n) is 10.1. The van der Waals surface area contributed by atoms with Gasteiger partial charge >= 0.3 is 0 Å². The number of carbonyl (C=O) groups excluding carboxylic acids is 1. The number of nitrogens with one attached hydrogen (secondary N) is 1. The van der Waals surface area contributed by atoms with Gasteiger partial charge < -0.3 is 14.2 Å². The minimum absolute atomic E-state index is 0.0880. The largest absolute Gasteiger partial charge is 0.467 e. The average Bonchev–Trinajstić information content (AvgIpc) is 3.41. The molecule has 0 aliphatic carbocycles. The minimum atomic E-state index is 0.0880. The van der Waals surface area contributed by atoms with Crippen LogP contribution in [0.5, 0.6) is 0 Å². The van der Waals surface area contributed by atoms with Crippen LogP contribution >= 0.6 is 11.3 Å². The standard InChI is InChI=1S/C22H24N4O2S/c23-10-4-11-26(15-18-5-3-14-28-18)21(27)16-25-12-8-17(9-13-25)22-24-19-6-1-2-7-20(19)29-22/h1-3,5-7,14,17H,4,8-9,11-13,15-16H2/p+1. The minimum Gasteiger partial charge on any atom is -0.467 e. The summed E-state index contributed by atoms with van der Waals surface area (Å²) in [5.74, 6) is 1.33. The lowest BCUT2D eigenvalue weighted by Gasteiger charge is -2.29. The van der Waals surface area contributed by atoms with E-state index in [2.05, 4.69) is 24.3 Å². The van der Waals surface area contributed by atoms with E-state index in [1.807, 2.05) is 18.2 Å². The molecule has 1 aliphatic rings. The smallest absolute Gasteiger partial charge is 0.278 e. The number of rotatable bonds is 7. The number of nitriles is 1. The molecule has 0 unspecified atom stereocenters. The number of likely N-dealkylation sites (tertiary alicyclic amines) is 1. The quantitative estimate of drug-likeness (QED) is 0.651. The number of para-hydroxylation sites is 1. The van der Waals surface area contributed by atoms with Crippen LogP contribution in [-0.4, -0.2) is 42.0 Å². The van der Waals surface area contributed by atoms with E-state index in [1.54, 1.807) is 22.5 Å².